The minimum atomic E-state index is 0.773. The van der Waals surface area contributed by atoms with Crippen LogP contribution in [0.15, 0.2) is 133 Å². The predicted octanol–water partition coefficient (Wildman–Crippen LogP) is 11.4. The molecular formula is C43H34N2. The Bertz CT molecular complexity index is 2190. The summed E-state index contributed by atoms with van der Waals surface area (Å²) < 4.78 is 0. The molecule has 0 spiro atoms. The molecular weight excluding hydrogens is 544 g/mol. The van der Waals surface area contributed by atoms with Gasteiger partial charge in [0, 0.05) is 16.7 Å². The van der Waals surface area contributed by atoms with E-state index >= 15 is 0 Å². The average Bonchev–Trinajstić information content (AvgIpc) is 3.12. The zero-order chi connectivity index (χ0) is 30.2. The minimum Gasteiger partial charge on any atom is -0.232 e. The second-order valence-electron chi connectivity index (χ2n) is 11.9. The highest BCUT2D eigenvalue weighted by Gasteiger charge is 2.19. The van der Waals surface area contributed by atoms with Crippen LogP contribution in [0.4, 0.5) is 0 Å². The fourth-order valence-corrected chi connectivity index (χ4v) is 6.94. The lowest BCUT2D eigenvalue weighted by atomic mass is 9.85. The summed E-state index contributed by atoms with van der Waals surface area (Å²) in [5, 5.41) is 5.38. The Hall–Kier alpha value is -5.34. The molecule has 0 aliphatic heterocycles. The summed E-state index contributed by atoms with van der Waals surface area (Å²) in [6.45, 7) is 2.22. The lowest BCUT2D eigenvalue weighted by molar-refractivity contribution is 0.879. The van der Waals surface area contributed by atoms with E-state index in [0.29, 0.717) is 0 Å². The number of fused-ring (bicyclic) bond motifs is 6. The molecule has 1 aliphatic carbocycles. The molecule has 0 atom stereocenters. The Morgan fingerprint density at radius 3 is 1.96 bits per heavy atom. The normalized spacial score (nSPS) is 12.5. The summed E-state index contributed by atoms with van der Waals surface area (Å²) in [6, 6.07) is 45.7. The molecule has 2 heteroatoms. The van der Waals surface area contributed by atoms with E-state index in [9.17, 15) is 0 Å². The second kappa shape index (κ2) is 11.6. The highest BCUT2D eigenvalue weighted by molar-refractivity contribution is 6.13. The molecule has 0 saturated carbocycles. The van der Waals surface area contributed by atoms with Crippen molar-refractivity contribution in [3.05, 3.63) is 150 Å². The third kappa shape index (κ3) is 4.93. The van der Waals surface area contributed by atoms with E-state index < -0.39 is 0 Å². The maximum atomic E-state index is 5.24. The zero-order valence-corrected chi connectivity index (χ0v) is 25.5. The van der Waals surface area contributed by atoms with Crippen LogP contribution in [0, 0.1) is 0 Å². The van der Waals surface area contributed by atoms with E-state index in [2.05, 4.69) is 146 Å². The first kappa shape index (κ1) is 27.2. The van der Waals surface area contributed by atoms with Gasteiger partial charge in [-0.15, -0.1) is 0 Å². The number of rotatable bonds is 6. The predicted molar refractivity (Wildman–Crippen MR) is 190 cm³/mol. The Kier molecular flexibility index (Phi) is 7.04. The molecule has 7 aromatic rings. The van der Waals surface area contributed by atoms with Crippen LogP contribution in [-0.2, 0) is 12.8 Å². The molecule has 8 rings (SSSR count). The van der Waals surface area contributed by atoms with Crippen LogP contribution >= 0.6 is 0 Å². The maximum Gasteiger partial charge on any atom is 0.160 e. The van der Waals surface area contributed by atoms with Crippen LogP contribution in [0.2, 0.25) is 0 Å². The van der Waals surface area contributed by atoms with Gasteiger partial charge in [-0.1, -0.05) is 147 Å². The van der Waals surface area contributed by atoms with Crippen LogP contribution in [0.3, 0.4) is 0 Å². The largest absolute Gasteiger partial charge is 0.232 e. The van der Waals surface area contributed by atoms with E-state index in [-0.39, 0.29) is 0 Å². The van der Waals surface area contributed by atoms with Crippen molar-refractivity contribution in [2.24, 2.45) is 0 Å². The van der Waals surface area contributed by atoms with Crippen LogP contribution in [-0.4, -0.2) is 9.97 Å². The summed E-state index contributed by atoms with van der Waals surface area (Å²) in [5.41, 5.74) is 11.8. The van der Waals surface area contributed by atoms with Crippen molar-refractivity contribution >= 4 is 27.6 Å². The fraction of sp³-hybridized carbons (Fsp3) is 0.116. The Labute approximate surface area is 264 Å². The number of hydrogen-bond acceptors (Lipinski definition) is 2. The van der Waals surface area contributed by atoms with Gasteiger partial charge in [0.2, 0.25) is 0 Å². The van der Waals surface area contributed by atoms with E-state index in [0.717, 1.165) is 65.1 Å². The number of aromatic nitrogens is 2. The van der Waals surface area contributed by atoms with Gasteiger partial charge in [-0.3, -0.25) is 0 Å². The van der Waals surface area contributed by atoms with Crippen molar-refractivity contribution in [3.8, 4) is 44.9 Å². The summed E-state index contributed by atoms with van der Waals surface area (Å²) in [5.74, 6) is 0.773. The minimum absolute atomic E-state index is 0.773. The average molecular weight is 579 g/mol. The second-order valence-corrected chi connectivity index (χ2v) is 11.9. The molecule has 0 N–H and O–H groups in total. The lowest BCUT2D eigenvalue weighted by Gasteiger charge is -2.19. The summed E-state index contributed by atoms with van der Waals surface area (Å²) >= 11 is 0. The van der Waals surface area contributed by atoms with Crippen LogP contribution in [0.5, 0.6) is 0 Å². The molecule has 2 nitrogen and oxygen atoms in total. The smallest absolute Gasteiger partial charge is 0.160 e. The molecule has 45 heavy (non-hydrogen) atoms. The molecule has 1 heterocycles. The number of nitrogens with zero attached hydrogens (tertiary/aromatic N) is 2. The molecule has 0 unspecified atom stereocenters. The van der Waals surface area contributed by atoms with E-state index in [1.165, 1.54) is 43.8 Å². The summed E-state index contributed by atoms with van der Waals surface area (Å²) in [7, 11) is 0. The van der Waals surface area contributed by atoms with E-state index in [1.807, 2.05) is 0 Å². The van der Waals surface area contributed by atoms with Gasteiger partial charge in [-0.25, -0.2) is 9.97 Å². The van der Waals surface area contributed by atoms with Crippen LogP contribution < -0.4 is 0 Å². The Balaban J connectivity index is 1.23. The molecule has 6 aromatic carbocycles. The molecule has 1 aliphatic rings. The quantitative estimate of drug-likeness (QED) is 0.183. The number of allylic oxidation sites excluding steroid dienone is 1. The van der Waals surface area contributed by atoms with Crippen molar-refractivity contribution < 1.29 is 0 Å². The van der Waals surface area contributed by atoms with Gasteiger partial charge < -0.3 is 0 Å². The monoisotopic (exact) mass is 578 g/mol. The van der Waals surface area contributed by atoms with Gasteiger partial charge in [-0.2, -0.15) is 0 Å². The van der Waals surface area contributed by atoms with Crippen LogP contribution in [0.1, 0.15) is 36.6 Å². The molecule has 0 amide bonds. The zero-order valence-electron chi connectivity index (χ0n) is 25.5. The number of benzene rings is 6. The third-order valence-corrected chi connectivity index (χ3v) is 9.08. The molecule has 216 valence electrons. The fourth-order valence-electron chi connectivity index (χ4n) is 6.94. The van der Waals surface area contributed by atoms with Crippen molar-refractivity contribution in [3.63, 3.8) is 0 Å². The number of hydrogen-bond donors (Lipinski definition) is 0. The first-order valence-corrected chi connectivity index (χ1v) is 16.0. The van der Waals surface area contributed by atoms with Gasteiger partial charge in [0.15, 0.2) is 5.82 Å². The SMILES string of the molecule is CCCc1nc(-c2ccc(-c3ccc4c(c3)c3c(c5ccccc54)C=CCC3)cc2)nc(-c2ccccc2)c1-c1ccccc1. The standard InChI is InChI=1S/C43H34N2/c1-2-13-40-41(30-14-5-3-6-15-30)42(31-16-7-4-8-17-31)45-43(44-40)32-24-22-29(23-25-32)33-26-27-38-36-20-10-9-18-34(36)35-19-11-12-21-37(35)39(38)28-33/h3-11,14-20,22-28H,2,12-13,21H2,1H3. The van der Waals surface area contributed by atoms with Gasteiger partial charge in [-0.05, 0) is 74.7 Å². The van der Waals surface area contributed by atoms with Gasteiger partial charge in [0.25, 0.3) is 0 Å². The van der Waals surface area contributed by atoms with Gasteiger partial charge >= 0.3 is 0 Å². The molecule has 1 aromatic heterocycles. The number of aryl methyl sites for hydroxylation is 2. The molecule has 0 fully saturated rings. The first-order valence-electron chi connectivity index (χ1n) is 16.0. The first-order chi connectivity index (χ1) is 22.3. The Morgan fingerprint density at radius 1 is 0.556 bits per heavy atom. The van der Waals surface area contributed by atoms with Crippen molar-refractivity contribution in [1.82, 2.24) is 9.97 Å². The maximum absolute atomic E-state index is 5.24. The molecule has 0 radical (unpaired) electrons. The van der Waals surface area contributed by atoms with Crippen molar-refractivity contribution in [2.45, 2.75) is 32.6 Å². The van der Waals surface area contributed by atoms with Gasteiger partial charge in [0.1, 0.15) is 0 Å². The highest BCUT2D eigenvalue weighted by atomic mass is 14.9. The molecule has 0 bridgehead atoms. The summed E-state index contributed by atoms with van der Waals surface area (Å²) in [4.78, 5) is 10.4. The Morgan fingerprint density at radius 2 is 1.20 bits per heavy atom. The molecule has 0 saturated heterocycles. The van der Waals surface area contributed by atoms with Gasteiger partial charge in [0.05, 0.1) is 11.4 Å². The highest BCUT2D eigenvalue weighted by Crippen LogP contribution is 2.39. The summed E-state index contributed by atoms with van der Waals surface area (Å²) in [6.07, 6.45) is 8.71. The topological polar surface area (TPSA) is 25.8 Å². The third-order valence-electron chi connectivity index (χ3n) is 9.08. The van der Waals surface area contributed by atoms with E-state index in [1.54, 1.807) is 0 Å². The van der Waals surface area contributed by atoms with E-state index in [4.69, 9.17) is 9.97 Å². The van der Waals surface area contributed by atoms with Crippen LogP contribution in [0.25, 0.3) is 72.5 Å². The lowest BCUT2D eigenvalue weighted by Crippen LogP contribution is -2.03. The van der Waals surface area contributed by atoms with Crippen molar-refractivity contribution in [1.29, 1.82) is 0 Å². The van der Waals surface area contributed by atoms with Crippen molar-refractivity contribution in [2.75, 3.05) is 0 Å².